The number of halogens is 2. The summed E-state index contributed by atoms with van der Waals surface area (Å²) in [6, 6.07) is 3.83. The Hall–Kier alpha value is -1.08. The molecule has 1 fully saturated rings. The Balaban J connectivity index is 0.00000144. The summed E-state index contributed by atoms with van der Waals surface area (Å²) < 4.78 is 5.56. The van der Waals surface area contributed by atoms with E-state index in [0.29, 0.717) is 12.3 Å². The van der Waals surface area contributed by atoms with Crippen LogP contribution < -0.4 is 10.6 Å². The molecule has 1 amide bonds. The van der Waals surface area contributed by atoms with E-state index in [4.69, 9.17) is 4.42 Å². The normalized spacial score (nSPS) is 16.8. The molecule has 0 aromatic carbocycles. The molecule has 1 unspecified atom stereocenters. The van der Waals surface area contributed by atoms with Crippen LogP contribution in [0.1, 0.15) is 24.3 Å². The predicted molar refractivity (Wildman–Crippen MR) is 101 cm³/mol. The summed E-state index contributed by atoms with van der Waals surface area (Å²) in [7, 11) is 0. The highest BCUT2D eigenvalue weighted by molar-refractivity contribution is 7.13. The van der Waals surface area contributed by atoms with Crippen molar-refractivity contribution < 1.29 is 9.21 Å². The zero-order valence-electron chi connectivity index (χ0n) is 13.5. The molecular weight excluding hydrogens is 369 g/mol. The van der Waals surface area contributed by atoms with Gasteiger partial charge < -0.3 is 15.1 Å². The summed E-state index contributed by atoms with van der Waals surface area (Å²) in [5.41, 5.74) is 0.799. The maximum atomic E-state index is 12.0. The Kier molecular flexibility index (Phi) is 8.76. The summed E-state index contributed by atoms with van der Waals surface area (Å²) >= 11 is 1.51. The smallest absolute Gasteiger partial charge is 0.226 e. The molecule has 0 saturated carbocycles. The average molecular weight is 392 g/mol. The maximum absolute atomic E-state index is 12.0. The van der Waals surface area contributed by atoms with Crippen LogP contribution in [-0.4, -0.2) is 30.5 Å². The SMILES string of the molecule is Cc1ccc(-c2nc(CC(=O)NCC3CCCNC3)cs2)o1.Cl.Cl. The van der Waals surface area contributed by atoms with Crippen molar-refractivity contribution in [3.63, 3.8) is 0 Å². The number of amides is 1. The van der Waals surface area contributed by atoms with Gasteiger partial charge in [0.2, 0.25) is 5.91 Å². The van der Waals surface area contributed by atoms with Gasteiger partial charge in [-0.15, -0.1) is 36.2 Å². The molecule has 8 heteroatoms. The van der Waals surface area contributed by atoms with Gasteiger partial charge in [-0.2, -0.15) is 0 Å². The molecule has 2 N–H and O–H groups in total. The second-order valence-electron chi connectivity index (χ2n) is 5.75. The first-order valence-electron chi connectivity index (χ1n) is 7.69. The highest BCUT2D eigenvalue weighted by Gasteiger charge is 2.15. The number of hydrogen-bond acceptors (Lipinski definition) is 5. The van der Waals surface area contributed by atoms with E-state index in [1.807, 2.05) is 24.4 Å². The Morgan fingerprint density at radius 3 is 2.96 bits per heavy atom. The molecule has 3 heterocycles. The first-order valence-corrected chi connectivity index (χ1v) is 8.57. The number of hydrogen-bond donors (Lipinski definition) is 2. The van der Waals surface area contributed by atoms with Crippen LogP contribution in [0.15, 0.2) is 21.9 Å². The molecule has 1 saturated heterocycles. The minimum atomic E-state index is 0. The van der Waals surface area contributed by atoms with Gasteiger partial charge >= 0.3 is 0 Å². The number of carbonyl (C=O) groups excluding carboxylic acids is 1. The van der Waals surface area contributed by atoms with Crippen LogP contribution in [0.5, 0.6) is 0 Å². The molecule has 2 aromatic heterocycles. The number of rotatable bonds is 5. The van der Waals surface area contributed by atoms with E-state index in [2.05, 4.69) is 15.6 Å². The number of nitrogens with zero attached hydrogens (tertiary/aromatic N) is 1. The van der Waals surface area contributed by atoms with E-state index < -0.39 is 0 Å². The monoisotopic (exact) mass is 391 g/mol. The minimum Gasteiger partial charge on any atom is -0.459 e. The standard InChI is InChI=1S/C16H21N3O2S.2ClH/c1-11-4-5-14(21-11)16-19-13(10-22-16)7-15(20)18-9-12-3-2-6-17-8-12;;/h4-5,10,12,17H,2-3,6-9H2,1H3,(H,18,20);2*1H. The third kappa shape index (κ3) is 5.77. The molecule has 1 aliphatic heterocycles. The number of furan rings is 1. The molecule has 134 valence electrons. The zero-order chi connectivity index (χ0) is 15.4. The van der Waals surface area contributed by atoms with E-state index in [-0.39, 0.29) is 30.7 Å². The predicted octanol–water partition coefficient (Wildman–Crippen LogP) is 3.21. The van der Waals surface area contributed by atoms with Crippen LogP contribution in [-0.2, 0) is 11.2 Å². The van der Waals surface area contributed by atoms with Crippen LogP contribution in [0, 0.1) is 12.8 Å². The van der Waals surface area contributed by atoms with Gasteiger partial charge in [-0.05, 0) is 50.9 Å². The number of thiazole rings is 1. The zero-order valence-corrected chi connectivity index (χ0v) is 16.0. The lowest BCUT2D eigenvalue weighted by molar-refractivity contribution is -0.120. The summed E-state index contributed by atoms with van der Waals surface area (Å²) in [6.45, 7) is 4.75. The fraction of sp³-hybridized carbons (Fsp3) is 0.500. The van der Waals surface area contributed by atoms with Gasteiger partial charge in [0, 0.05) is 11.9 Å². The molecule has 0 radical (unpaired) electrons. The van der Waals surface area contributed by atoms with Crippen molar-refractivity contribution >= 4 is 42.1 Å². The Labute approximate surface area is 158 Å². The average Bonchev–Trinajstić information content (AvgIpc) is 3.15. The van der Waals surface area contributed by atoms with E-state index in [9.17, 15) is 4.79 Å². The van der Waals surface area contributed by atoms with Crippen LogP contribution in [0.25, 0.3) is 10.8 Å². The van der Waals surface area contributed by atoms with Gasteiger partial charge in [-0.3, -0.25) is 4.79 Å². The molecule has 0 bridgehead atoms. The van der Waals surface area contributed by atoms with Crippen molar-refractivity contribution in [3.05, 3.63) is 29.0 Å². The summed E-state index contributed by atoms with van der Waals surface area (Å²) in [5.74, 6) is 2.22. The second-order valence-corrected chi connectivity index (χ2v) is 6.61. The van der Waals surface area contributed by atoms with Gasteiger partial charge in [0.25, 0.3) is 0 Å². The van der Waals surface area contributed by atoms with E-state index in [1.165, 1.54) is 24.2 Å². The lowest BCUT2D eigenvalue weighted by atomic mass is 10.00. The van der Waals surface area contributed by atoms with Crippen molar-refractivity contribution in [1.82, 2.24) is 15.6 Å². The topological polar surface area (TPSA) is 67.2 Å². The van der Waals surface area contributed by atoms with E-state index >= 15 is 0 Å². The largest absolute Gasteiger partial charge is 0.459 e. The summed E-state index contributed by atoms with van der Waals surface area (Å²) in [4.78, 5) is 16.5. The Bertz CT molecular complexity index is 639. The Morgan fingerprint density at radius 1 is 1.46 bits per heavy atom. The van der Waals surface area contributed by atoms with Crippen molar-refractivity contribution in [2.75, 3.05) is 19.6 Å². The maximum Gasteiger partial charge on any atom is 0.226 e. The van der Waals surface area contributed by atoms with Crippen molar-refractivity contribution in [3.8, 4) is 10.8 Å². The highest BCUT2D eigenvalue weighted by atomic mass is 35.5. The van der Waals surface area contributed by atoms with Crippen molar-refractivity contribution in [2.24, 2.45) is 5.92 Å². The molecule has 5 nitrogen and oxygen atoms in total. The lowest BCUT2D eigenvalue weighted by Gasteiger charge is -2.22. The van der Waals surface area contributed by atoms with Gasteiger partial charge in [0.1, 0.15) is 5.76 Å². The van der Waals surface area contributed by atoms with E-state index in [1.54, 1.807) is 0 Å². The molecule has 1 aliphatic rings. The first kappa shape index (κ1) is 21.0. The van der Waals surface area contributed by atoms with E-state index in [0.717, 1.165) is 41.9 Å². The molecule has 0 spiro atoms. The third-order valence-corrected chi connectivity index (χ3v) is 4.74. The molecule has 24 heavy (non-hydrogen) atoms. The van der Waals surface area contributed by atoms with Gasteiger partial charge in [-0.1, -0.05) is 0 Å². The number of carbonyl (C=O) groups is 1. The van der Waals surface area contributed by atoms with Crippen LogP contribution >= 0.6 is 36.2 Å². The fourth-order valence-electron chi connectivity index (χ4n) is 2.63. The molecule has 2 aromatic rings. The Morgan fingerprint density at radius 2 is 2.29 bits per heavy atom. The number of piperidine rings is 1. The van der Waals surface area contributed by atoms with Crippen LogP contribution in [0.4, 0.5) is 0 Å². The number of nitrogens with one attached hydrogen (secondary N) is 2. The van der Waals surface area contributed by atoms with Gasteiger partial charge in [0.15, 0.2) is 10.8 Å². The number of aromatic nitrogens is 1. The van der Waals surface area contributed by atoms with Crippen LogP contribution in [0.2, 0.25) is 0 Å². The van der Waals surface area contributed by atoms with Crippen molar-refractivity contribution in [1.29, 1.82) is 0 Å². The van der Waals surface area contributed by atoms with Crippen LogP contribution in [0.3, 0.4) is 0 Å². The summed E-state index contributed by atoms with van der Waals surface area (Å²) in [6.07, 6.45) is 2.71. The molecule has 0 aliphatic carbocycles. The van der Waals surface area contributed by atoms with Gasteiger partial charge in [-0.25, -0.2) is 4.98 Å². The lowest BCUT2D eigenvalue weighted by Crippen LogP contribution is -2.38. The van der Waals surface area contributed by atoms with Gasteiger partial charge in [0.05, 0.1) is 12.1 Å². The molecular formula is C16H23Cl2N3O2S. The minimum absolute atomic E-state index is 0. The highest BCUT2D eigenvalue weighted by Crippen LogP contribution is 2.25. The second kappa shape index (κ2) is 10.0. The summed E-state index contributed by atoms with van der Waals surface area (Å²) in [5, 5.41) is 9.13. The third-order valence-electron chi connectivity index (χ3n) is 3.83. The van der Waals surface area contributed by atoms with Crippen molar-refractivity contribution in [2.45, 2.75) is 26.2 Å². The quantitative estimate of drug-likeness (QED) is 0.820. The molecule has 1 atom stereocenters. The molecule has 3 rings (SSSR count). The fourth-order valence-corrected chi connectivity index (χ4v) is 3.41. The number of aryl methyl sites for hydroxylation is 1. The first-order chi connectivity index (χ1) is 10.7.